The third kappa shape index (κ3) is 3.48. The third-order valence-electron chi connectivity index (χ3n) is 6.72. The summed E-state index contributed by atoms with van der Waals surface area (Å²) in [5, 5.41) is 5.52. The largest absolute Gasteiger partial charge is 0.308 e. The molecule has 1 aliphatic heterocycles. The van der Waals surface area contributed by atoms with Gasteiger partial charge in [-0.1, -0.05) is 96.5 Å². The molecule has 0 fully saturated rings. The van der Waals surface area contributed by atoms with Gasteiger partial charge in [0, 0.05) is 23.0 Å². The molecule has 5 aromatic carbocycles. The summed E-state index contributed by atoms with van der Waals surface area (Å²) in [6, 6.07) is 35.3. The minimum atomic E-state index is 0.00571. The molecule has 0 saturated heterocycles. The third-order valence-corrected chi connectivity index (χ3v) is 6.97. The zero-order valence-electron chi connectivity index (χ0n) is 18.0. The topological polar surface area (TPSA) is 20.3 Å². The van der Waals surface area contributed by atoms with Crippen molar-refractivity contribution in [2.75, 3.05) is 4.90 Å². The number of amides is 1. The number of carbonyl (C=O) groups is 1. The molecule has 6 rings (SSSR count). The van der Waals surface area contributed by atoms with Crippen LogP contribution in [0.5, 0.6) is 0 Å². The molecule has 0 aromatic heterocycles. The molecule has 0 spiro atoms. The molecule has 160 valence electrons. The molecule has 3 heteroatoms. The van der Waals surface area contributed by atoms with E-state index in [-0.39, 0.29) is 11.8 Å². The Morgan fingerprint density at radius 1 is 0.727 bits per heavy atom. The summed E-state index contributed by atoms with van der Waals surface area (Å²) in [6.07, 6.45) is 0.447. The average Bonchev–Trinajstić information content (AvgIpc) is 2.86. The second-order valence-electron chi connectivity index (χ2n) is 8.65. The first-order chi connectivity index (χ1) is 16.2. The van der Waals surface area contributed by atoms with Gasteiger partial charge in [-0.3, -0.25) is 4.79 Å². The minimum Gasteiger partial charge on any atom is -0.308 e. The monoisotopic (exact) mass is 447 g/mol. The second-order valence-corrected chi connectivity index (χ2v) is 9.09. The fourth-order valence-electron chi connectivity index (χ4n) is 5.17. The van der Waals surface area contributed by atoms with Crippen LogP contribution in [-0.2, 0) is 11.3 Å². The van der Waals surface area contributed by atoms with E-state index in [2.05, 4.69) is 78.9 Å². The Morgan fingerprint density at radius 2 is 1.39 bits per heavy atom. The first-order valence-electron chi connectivity index (χ1n) is 11.2. The van der Waals surface area contributed by atoms with Crippen molar-refractivity contribution in [3.63, 3.8) is 0 Å². The Labute approximate surface area is 198 Å². The van der Waals surface area contributed by atoms with Gasteiger partial charge in [-0.25, -0.2) is 0 Å². The van der Waals surface area contributed by atoms with Crippen LogP contribution < -0.4 is 4.90 Å². The molecule has 5 aromatic rings. The molecule has 1 heterocycles. The lowest BCUT2D eigenvalue weighted by molar-refractivity contribution is -0.119. The van der Waals surface area contributed by atoms with Gasteiger partial charge in [-0.15, -0.1) is 0 Å². The molecule has 1 atom stereocenters. The number of nitrogens with zero attached hydrogens (tertiary/aromatic N) is 1. The van der Waals surface area contributed by atoms with Crippen LogP contribution in [0.1, 0.15) is 29.0 Å². The maximum absolute atomic E-state index is 13.6. The lowest BCUT2D eigenvalue weighted by Gasteiger charge is -2.36. The molecule has 2 nitrogen and oxygen atoms in total. The van der Waals surface area contributed by atoms with E-state index in [9.17, 15) is 4.79 Å². The van der Waals surface area contributed by atoms with Crippen LogP contribution in [0.25, 0.3) is 21.5 Å². The van der Waals surface area contributed by atoms with E-state index in [0.29, 0.717) is 18.0 Å². The second kappa shape index (κ2) is 8.06. The molecule has 33 heavy (non-hydrogen) atoms. The summed E-state index contributed by atoms with van der Waals surface area (Å²) in [6.45, 7) is 0.531. The number of hydrogen-bond acceptors (Lipinski definition) is 1. The maximum Gasteiger partial charge on any atom is 0.228 e. The van der Waals surface area contributed by atoms with E-state index in [1.54, 1.807) is 0 Å². The molecular weight excluding hydrogens is 426 g/mol. The van der Waals surface area contributed by atoms with E-state index < -0.39 is 0 Å². The van der Waals surface area contributed by atoms with E-state index in [0.717, 1.165) is 11.3 Å². The van der Waals surface area contributed by atoms with Crippen molar-refractivity contribution in [3.05, 3.63) is 125 Å². The van der Waals surface area contributed by atoms with Crippen LogP contribution in [0.4, 0.5) is 5.69 Å². The first-order valence-corrected chi connectivity index (χ1v) is 11.6. The Kier molecular flexibility index (Phi) is 4.89. The predicted molar refractivity (Wildman–Crippen MR) is 137 cm³/mol. The summed E-state index contributed by atoms with van der Waals surface area (Å²) < 4.78 is 0. The van der Waals surface area contributed by atoms with Crippen molar-refractivity contribution in [2.45, 2.75) is 18.9 Å². The Morgan fingerprint density at radius 3 is 2.18 bits per heavy atom. The SMILES string of the molecule is O=C1CC(c2cccc3ccccc23)c2c(ccc3ccccc23)N1Cc1ccc(Cl)cc1. The van der Waals surface area contributed by atoms with Crippen LogP contribution in [0.3, 0.4) is 0 Å². The molecule has 0 N–H and O–H groups in total. The Hall–Kier alpha value is -3.62. The number of carbonyl (C=O) groups excluding carboxylic acids is 1. The highest BCUT2D eigenvalue weighted by Crippen LogP contribution is 2.46. The minimum absolute atomic E-state index is 0.00571. The van der Waals surface area contributed by atoms with Gasteiger partial charge < -0.3 is 4.90 Å². The van der Waals surface area contributed by atoms with Gasteiger partial charge in [-0.05, 0) is 56.4 Å². The zero-order chi connectivity index (χ0) is 22.4. The van der Waals surface area contributed by atoms with Crippen LogP contribution in [0.2, 0.25) is 5.02 Å². The fourth-order valence-corrected chi connectivity index (χ4v) is 5.30. The van der Waals surface area contributed by atoms with Gasteiger partial charge in [0.1, 0.15) is 0 Å². The summed E-state index contributed by atoms with van der Waals surface area (Å²) in [5.41, 5.74) is 4.51. The van der Waals surface area contributed by atoms with Gasteiger partial charge in [0.15, 0.2) is 0 Å². The Balaban J connectivity index is 1.56. The summed E-state index contributed by atoms with van der Waals surface area (Å²) in [5.74, 6) is 0.150. The molecule has 1 aliphatic rings. The molecule has 0 aliphatic carbocycles. The number of fused-ring (bicyclic) bond motifs is 4. The van der Waals surface area contributed by atoms with E-state index in [4.69, 9.17) is 11.6 Å². The number of anilines is 1. The molecular formula is C30H22ClNO. The van der Waals surface area contributed by atoms with Gasteiger partial charge in [-0.2, -0.15) is 0 Å². The number of hydrogen-bond donors (Lipinski definition) is 0. The van der Waals surface area contributed by atoms with E-state index in [1.165, 1.54) is 32.7 Å². The Bertz CT molecular complexity index is 1500. The smallest absolute Gasteiger partial charge is 0.228 e. The number of rotatable bonds is 3. The fraction of sp³-hybridized carbons (Fsp3) is 0.100. The normalized spacial score (nSPS) is 15.7. The molecule has 1 unspecified atom stereocenters. The van der Waals surface area contributed by atoms with Gasteiger partial charge in [0.25, 0.3) is 0 Å². The quantitative estimate of drug-likeness (QED) is 0.277. The summed E-state index contributed by atoms with van der Waals surface area (Å²) in [4.78, 5) is 15.5. The maximum atomic E-state index is 13.6. The van der Waals surface area contributed by atoms with Crippen molar-refractivity contribution in [1.29, 1.82) is 0 Å². The van der Waals surface area contributed by atoms with Crippen molar-refractivity contribution < 1.29 is 4.79 Å². The zero-order valence-corrected chi connectivity index (χ0v) is 18.8. The van der Waals surface area contributed by atoms with Crippen LogP contribution in [0, 0.1) is 0 Å². The highest BCUT2D eigenvalue weighted by molar-refractivity contribution is 6.30. The molecule has 0 bridgehead atoms. The van der Waals surface area contributed by atoms with Gasteiger partial charge in [0.05, 0.1) is 6.54 Å². The van der Waals surface area contributed by atoms with Crippen LogP contribution in [0.15, 0.2) is 103 Å². The van der Waals surface area contributed by atoms with Crippen molar-refractivity contribution in [3.8, 4) is 0 Å². The van der Waals surface area contributed by atoms with E-state index in [1.807, 2.05) is 29.2 Å². The van der Waals surface area contributed by atoms with Gasteiger partial charge >= 0.3 is 0 Å². The van der Waals surface area contributed by atoms with Crippen molar-refractivity contribution in [2.24, 2.45) is 0 Å². The summed E-state index contributed by atoms with van der Waals surface area (Å²) in [7, 11) is 0. The van der Waals surface area contributed by atoms with Crippen molar-refractivity contribution in [1.82, 2.24) is 0 Å². The van der Waals surface area contributed by atoms with Crippen LogP contribution >= 0.6 is 11.6 Å². The van der Waals surface area contributed by atoms with Gasteiger partial charge in [0.2, 0.25) is 5.91 Å². The lowest BCUT2D eigenvalue weighted by atomic mass is 9.79. The highest BCUT2D eigenvalue weighted by atomic mass is 35.5. The van der Waals surface area contributed by atoms with Crippen LogP contribution in [-0.4, -0.2) is 5.91 Å². The van der Waals surface area contributed by atoms with Crippen molar-refractivity contribution >= 4 is 44.7 Å². The predicted octanol–water partition coefficient (Wildman–Crippen LogP) is 7.72. The highest BCUT2D eigenvalue weighted by Gasteiger charge is 2.34. The molecule has 0 radical (unpaired) electrons. The van der Waals surface area contributed by atoms with E-state index >= 15 is 0 Å². The lowest BCUT2D eigenvalue weighted by Crippen LogP contribution is -2.36. The first kappa shape index (κ1) is 20.0. The standard InChI is InChI=1S/C30H22ClNO/c31-23-15-12-20(13-16-23)19-32-28-17-14-22-7-2-4-10-25(22)30(28)27(18-29(32)33)26-11-5-8-21-6-1-3-9-24(21)26/h1-17,27H,18-19H2. The molecule has 1 amide bonds. The molecule has 0 saturated carbocycles. The average molecular weight is 448 g/mol. The number of benzene rings is 5. The summed E-state index contributed by atoms with van der Waals surface area (Å²) >= 11 is 6.08. The number of halogens is 1.